The summed E-state index contributed by atoms with van der Waals surface area (Å²) in [5, 5.41) is 9.20. The zero-order valence-corrected chi connectivity index (χ0v) is 10.2. The minimum absolute atomic E-state index is 0.318. The number of hydrogen-bond donors (Lipinski definition) is 1. The Bertz CT molecular complexity index is 440. The van der Waals surface area contributed by atoms with Crippen LogP contribution in [0.25, 0.3) is 0 Å². The fourth-order valence-electron chi connectivity index (χ4n) is 3.62. The summed E-state index contributed by atoms with van der Waals surface area (Å²) in [5.41, 5.74) is 1.63. The van der Waals surface area contributed by atoms with Gasteiger partial charge in [-0.05, 0) is 54.7 Å². The van der Waals surface area contributed by atoms with Crippen LogP contribution in [0.1, 0.15) is 41.1 Å². The number of aromatic carboxylic acids is 1. The molecule has 1 aromatic rings. The van der Waals surface area contributed by atoms with Crippen LogP contribution < -0.4 is 0 Å². The maximum Gasteiger partial charge on any atom is 0.335 e. The van der Waals surface area contributed by atoms with Crippen molar-refractivity contribution in [3.8, 4) is 0 Å². The summed E-state index contributed by atoms with van der Waals surface area (Å²) in [6, 6.07) is 7.35. The molecule has 0 spiro atoms. The van der Waals surface area contributed by atoms with Crippen molar-refractivity contribution in [2.45, 2.75) is 30.6 Å². The Morgan fingerprint density at radius 3 is 2.41 bits per heavy atom. The predicted molar refractivity (Wildman–Crippen MR) is 66.6 cm³/mol. The maximum absolute atomic E-state index is 10.8. The van der Waals surface area contributed by atoms with E-state index < -0.39 is 5.97 Å². The van der Waals surface area contributed by atoms with Gasteiger partial charge in [-0.25, -0.2) is 4.79 Å². The summed E-state index contributed by atoms with van der Waals surface area (Å²) < 4.78 is 0. The lowest BCUT2D eigenvalue weighted by Crippen LogP contribution is -2.11. The Labute approximate surface area is 106 Å². The van der Waals surface area contributed by atoms with Gasteiger partial charge in [0.1, 0.15) is 0 Å². The van der Waals surface area contributed by atoms with E-state index in [0.717, 1.165) is 6.42 Å². The first-order valence-corrected chi connectivity index (χ1v) is 6.58. The first-order chi connectivity index (χ1) is 8.16. The normalized spacial score (nSPS) is 35.1. The number of carboxylic acid groups (broad SMARTS) is 1. The van der Waals surface area contributed by atoms with Gasteiger partial charge in [-0.1, -0.05) is 12.1 Å². The van der Waals surface area contributed by atoms with Gasteiger partial charge >= 0.3 is 5.97 Å². The van der Waals surface area contributed by atoms with Gasteiger partial charge in [0.15, 0.2) is 0 Å². The Morgan fingerprint density at radius 1 is 1.24 bits per heavy atom. The highest BCUT2D eigenvalue weighted by atomic mass is 35.5. The molecule has 17 heavy (non-hydrogen) atoms. The van der Waals surface area contributed by atoms with Crippen LogP contribution in [-0.4, -0.2) is 16.5 Å². The summed E-state index contributed by atoms with van der Waals surface area (Å²) in [5.74, 6) is 0.997. The molecular formula is C14H15ClO2. The Balaban J connectivity index is 1.88. The smallest absolute Gasteiger partial charge is 0.335 e. The van der Waals surface area contributed by atoms with Gasteiger partial charge in [-0.15, -0.1) is 11.6 Å². The molecule has 2 aliphatic carbocycles. The Kier molecular flexibility index (Phi) is 2.62. The zero-order valence-electron chi connectivity index (χ0n) is 9.47. The van der Waals surface area contributed by atoms with E-state index in [9.17, 15) is 4.79 Å². The standard InChI is InChI=1S/C14H15ClO2/c15-12-7-10-5-6-11(12)13(10)8-1-3-9(4-2-8)14(16)17/h1-4,10-13H,5-7H2,(H,16,17). The number of carbonyl (C=O) groups is 1. The van der Waals surface area contributed by atoms with E-state index in [4.69, 9.17) is 16.7 Å². The second-order valence-electron chi connectivity index (χ2n) is 5.21. The molecule has 3 rings (SSSR count). The first kappa shape index (κ1) is 11.1. The van der Waals surface area contributed by atoms with E-state index in [-0.39, 0.29) is 0 Å². The summed E-state index contributed by atoms with van der Waals surface area (Å²) >= 11 is 6.34. The van der Waals surface area contributed by atoms with Crippen molar-refractivity contribution in [2.24, 2.45) is 11.8 Å². The fourth-order valence-corrected chi connectivity index (χ4v) is 4.13. The highest BCUT2D eigenvalue weighted by Crippen LogP contribution is 2.56. The molecule has 0 heterocycles. The Hall–Kier alpha value is -1.02. The fraction of sp³-hybridized carbons (Fsp3) is 0.500. The van der Waals surface area contributed by atoms with Crippen LogP contribution in [-0.2, 0) is 0 Å². The molecule has 0 aromatic heterocycles. The second-order valence-corrected chi connectivity index (χ2v) is 5.77. The molecule has 1 N–H and O–H groups in total. The molecule has 90 valence electrons. The van der Waals surface area contributed by atoms with Crippen molar-refractivity contribution in [2.75, 3.05) is 0 Å². The summed E-state index contributed by atoms with van der Waals surface area (Å²) in [6.45, 7) is 0. The number of hydrogen-bond acceptors (Lipinski definition) is 1. The molecule has 1 aromatic carbocycles. The molecule has 2 bridgehead atoms. The van der Waals surface area contributed by atoms with Crippen molar-refractivity contribution in [3.63, 3.8) is 0 Å². The molecule has 3 heteroatoms. The van der Waals surface area contributed by atoms with E-state index >= 15 is 0 Å². The zero-order chi connectivity index (χ0) is 12.0. The topological polar surface area (TPSA) is 37.3 Å². The average molecular weight is 251 g/mol. The van der Waals surface area contributed by atoms with Gasteiger partial charge in [0, 0.05) is 5.38 Å². The maximum atomic E-state index is 10.8. The molecule has 2 aliphatic rings. The van der Waals surface area contributed by atoms with E-state index in [0.29, 0.717) is 28.7 Å². The van der Waals surface area contributed by atoms with Crippen molar-refractivity contribution in [1.82, 2.24) is 0 Å². The molecule has 4 atom stereocenters. The molecule has 0 amide bonds. The molecule has 0 radical (unpaired) electrons. The van der Waals surface area contributed by atoms with Crippen molar-refractivity contribution < 1.29 is 9.90 Å². The molecule has 2 saturated carbocycles. The lowest BCUT2D eigenvalue weighted by molar-refractivity contribution is 0.0697. The monoisotopic (exact) mass is 250 g/mol. The van der Waals surface area contributed by atoms with Crippen LogP contribution >= 0.6 is 11.6 Å². The van der Waals surface area contributed by atoms with Crippen molar-refractivity contribution in [3.05, 3.63) is 35.4 Å². The molecular weight excluding hydrogens is 236 g/mol. The molecule has 2 fully saturated rings. The van der Waals surface area contributed by atoms with Gasteiger partial charge in [0.2, 0.25) is 0 Å². The lowest BCUT2D eigenvalue weighted by atomic mass is 9.89. The lowest BCUT2D eigenvalue weighted by Gasteiger charge is -2.17. The predicted octanol–water partition coefficient (Wildman–Crippen LogP) is 3.51. The SMILES string of the molecule is O=C(O)c1ccc(C2C3CCC2C(Cl)C3)cc1. The van der Waals surface area contributed by atoms with Crippen LogP contribution in [0, 0.1) is 11.8 Å². The van der Waals surface area contributed by atoms with Crippen LogP contribution in [0.3, 0.4) is 0 Å². The van der Waals surface area contributed by atoms with Gasteiger partial charge in [-0.3, -0.25) is 0 Å². The molecule has 2 nitrogen and oxygen atoms in total. The van der Waals surface area contributed by atoms with E-state index in [1.54, 1.807) is 12.1 Å². The number of halogens is 1. The number of carboxylic acids is 1. The second kappa shape index (κ2) is 4.02. The van der Waals surface area contributed by atoms with Crippen LogP contribution in [0.15, 0.2) is 24.3 Å². The Morgan fingerprint density at radius 2 is 1.94 bits per heavy atom. The van der Waals surface area contributed by atoms with E-state index in [1.165, 1.54) is 18.4 Å². The third-order valence-electron chi connectivity index (χ3n) is 4.37. The van der Waals surface area contributed by atoms with E-state index in [2.05, 4.69) is 0 Å². The third-order valence-corrected chi connectivity index (χ3v) is 4.88. The minimum atomic E-state index is -0.860. The van der Waals surface area contributed by atoms with Gasteiger partial charge < -0.3 is 5.11 Å². The number of fused-ring (bicyclic) bond motifs is 2. The average Bonchev–Trinajstić information content (AvgIpc) is 2.85. The summed E-state index contributed by atoms with van der Waals surface area (Å²) in [7, 11) is 0. The van der Waals surface area contributed by atoms with Gasteiger partial charge in [-0.2, -0.15) is 0 Å². The van der Waals surface area contributed by atoms with Crippen LogP contribution in [0.4, 0.5) is 0 Å². The van der Waals surface area contributed by atoms with Gasteiger partial charge in [0.25, 0.3) is 0 Å². The molecule has 0 saturated heterocycles. The number of alkyl halides is 1. The molecule has 4 unspecified atom stereocenters. The minimum Gasteiger partial charge on any atom is -0.478 e. The quantitative estimate of drug-likeness (QED) is 0.816. The molecule has 0 aliphatic heterocycles. The highest BCUT2D eigenvalue weighted by Gasteiger charge is 2.47. The van der Waals surface area contributed by atoms with Crippen LogP contribution in [0.2, 0.25) is 0 Å². The third kappa shape index (κ3) is 1.75. The van der Waals surface area contributed by atoms with Crippen LogP contribution in [0.5, 0.6) is 0 Å². The number of rotatable bonds is 2. The van der Waals surface area contributed by atoms with E-state index in [1.807, 2.05) is 12.1 Å². The van der Waals surface area contributed by atoms with Crippen molar-refractivity contribution in [1.29, 1.82) is 0 Å². The van der Waals surface area contributed by atoms with Crippen molar-refractivity contribution >= 4 is 17.6 Å². The largest absolute Gasteiger partial charge is 0.478 e. The highest BCUT2D eigenvalue weighted by molar-refractivity contribution is 6.21. The first-order valence-electron chi connectivity index (χ1n) is 6.14. The number of benzene rings is 1. The summed E-state index contributed by atoms with van der Waals surface area (Å²) in [6.07, 6.45) is 3.63. The van der Waals surface area contributed by atoms with Gasteiger partial charge in [0.05, 0.1) is 5.56 Å². The summed E-state index contributed by atoms with van der Waals surface area (Å²) in [4.78, 5) is 10.8.